The van der Waals surface area contributed by atoms with Crippen LogP contribution >= 0.6 is 0 Å². The van der Waals surface area contributed by atoms with E-state index in [1.807, 2.05) is 18.2 Å². The molecule has 0 spiro atoms. The highest BCUT2D eigenvalue weighted by Crippen LogP contribution is 2.31. The Morgan fingerprint density at radius 1 is 1.44 bits per heavy atom. The van der Waals surface area contributed by atoms with Crippen LogP contribution in [-0.2, 0) is 0 Å². The second-order valence-corrected chi connectivity index (χ2v) is 4.98. The van der Waals surface area contributed by atoms with Gasteiger partial charge in [0.2, 0.25) is 0 Å². The molecule has 0 bridgehead atoms. The van der Waals surface area contributed by atoms with Gasteiger partial charge in [-0.25, -0.2) is 4.98 Å². The Balaban J connectivity index is 1.85. The van der Waals surface area contributed by atoms with E-state index in [0.29, 0.717) is 6.54 Å². The Labute approximate surface area is 96.9 Å². The molecular formula is C13H20N2O. The zero-order valence-electron chi connectivity index (χ0n) is 9.82. The minimum Gasteiger partial charge on any atom is -0.388 e. The van der Waals surface area contributed by atoms with Crippen molar-refractivity contribution in [3.63, 3.8) is 0 Å². The lowest BCUT2D eigenvalue weighted by Crippen LogP contribution is -2.40. The van der Waals surface area contributed by atoms with Crippen LogP contribution in [0.3, 0.4) is 0 Å². The van der Waals surface area contributed by atoms with Crippen LogP contribution in [0.15, 0.2) is 24.4 Å². The van der Waals surface area contributed by atoms with Gasteiger partial charge in [-0.15, -0.1) is 0 Å². The first-order chi connectivity index (χ1) is 7.68. The lowest BCUT2D eigenvalue weighted by molar-refractivity contribution is 0.00495. The van der Waals surface area contributed by atoms with Crippen LogP contribution in [0, 0.1) is 5.92 Å². The number of aliphatic hydroxyl groups is 1. The summed E-state index contributed by atoms with van der Waals surface area (Å²) in [6.45, 7) is 2.86. The first kappa shape index (κ1) is 11.4. The van der Waals surface area contributed by atoms with Gasteiger partial charge in [0.25, 0.3) is 0 Å². The van der Waals surface area contributed by atoms with E-state index >= 15 is 0 Å². The lowest BCUT2D eigenvalue weighted by atomic mass is 9.79. The molecule has 2 N–H and O–H groups in total. The van der Waals surface area contributed by atoms with E-state index in [0.717, 1.165) is 37.4 Å². The number of hydrogen-bond donors (Lipinski definition) is 2. The summed E-state index contributed by atoms with van der Waals surface area (Å²) in [7, 11) is 0. The van der Waals surface area contributed by atoms with Gasteiger partial charge < -0.3 is 10.4 Å². The van der Waals surface area contributed by atoms with Crippen LogP contribution in [0.1, 0.15) is 32.6 Å². The first-order valence-corrected chi connectivity index (χ1v) is 6.05. The standard InChI is InChI=1S/C13H20N2O/c1-11-5-7-13(16,8-6-11)10-15-12-4-2-3-9-14-12/h2-4,9,11,16H,5-8,10H2,1H3,(H,14,15). The fourth-order valence-corrected chi connectivity index (χ4v) is 2.20. The highest BCUT2D eigenvalue weighted by Gasteiger charge is 2.31. The number of hydrogen-bond acceptors (Lipinski definition) is 3. The SMILES string of the molecule is CC1CCC(O)(CNc2ccccn2)CC1. The Bertz CT molecular complexity index is 318. The molecule has 1 aromatic heterocycles. The molecule has 16 heavy (non-hydrogen) atoms. The molecule has 3 heteroatoms. The van der Waals surface area contributed by atoms with Crippen molar-refractivity contribution in [3.05, 3.63) is 24.4 Å². The number of aromatic nitrogens is 1. The fraction of sp³-hybridized carbons (Fsp3) is 0.615. The van der Waals surface area contributed by atoms with Crippen LogP contribution in [0.5, 0.6) is 0 Å². The second-order valence-electron chi connectivity index (χ2n) is 4.98. The van der Waals surface area contributed by atoms with Crippen LogP contribution in [0.4, 0.5) is 5.82 Å². The summed E-state index contributed by atoms with van der Waals surface area (Å²) in [4.78, 5) is 4.19. The summed E-state index contributed by atoms with van der Waals surface area (Å²) >= 11 is 0. The summed E-state index contributed by atoms with van der Waals surface area (Å²) in [5, 5.41) is 13.6. The molecule has 1 aliphatic carbocycles. The van der Waals surface area contributed by atoms with E-state index in [1.165, 1.54) is 0 Å². The molecule has 0 aliphatic heterocycles. The van der Waals surface area contributed by atoms with Crippen LogP contribution in [-0.4, -0.2) is 22.2 Å². The topological polar surface area (TPSA) is 45.1 Å². The lowest BCUT2D eigenvalue weighted by Gasteiger charge is -2.35. The maximum atomic E-state index is 10.4. The smallest absolute Gasteiger partial charge is 0.125 e. The minimum absolute atomic E-state index is 0.538. The maximum absolute atomic E-state index is 10.4. The van der Waals surface area contributed by atoms with Crippen molar-refractivity contribution < 1.29 is 5.11 Å². The summed E-state index contributed by atoms with van der Waals surface area (Å²) in [6, 6.07) is 5.76. The summed E-state index contributed by atoms with van der Waals surface area (Å²) in [5.74, 6) is 1.60. The molecule has 0 amide bonds. The highest BCUT2D eigenvalue weighted by atomic mass is 16.3. The maximum Gasteiger partial charge on any atom is 0.125 e. The molecule has 3 nitrogen and oxygen atoms in total. The van der Waals surface area contributed by atoms with E-state index in [1.54, 1.807) is 6.20 Å². The van der Waals surface area contributed by atoms with E-state index < -0.39 is 5.60 Å². The van der Waals surface area contributed by atoms with Gasteiger partial charge in [-0.2, -0.15) is 0 Å². The van der Waals surface area contributed by atoms with Crippen molar-refractivity contribution in [3.8, 4) is 0 Å². The zero-order chi connectivity index (χ0) is 11.4. The van der Waals surface area contributed by atoms with E-state index in [9.17, 15) is 5.11 Å². The Morgan fingerprint density at radius 2 is 2.19 bits per heavy atom. The molecule has 0 aromatic carbocycles. The average molecular weight is 220 g/mol. The van der Waals surface area contributed by atoms with Gasteiger partial charge in [0.05, 0.1) is 5.60 Å². The Hall–Kier alpha value is -1.09. The third kappa shape index (κ3) is 2.95. The molecule has 2 rings (SSSR count). The summed E-state index contributed by atoms with van der Waals surface area (Å²) in [6.07, 6.45) is 5.80. The number of nitrogens with one attached hydrogen (secondary N) is 1. The van der Waals surface area contributed by atoms with Gasteiger partial charge in [-0.3, -0.25) is 0 Å². The van der Waals surface area contributed by atoms with Crippen molar-refractivity contribution in [1.29, 1.82) is 0 Å². The molecule has 0 saturated heterocycles. The van der Waals surface area contributed by atoms with Gasteiger partial charge >= 0.3 is 0 Å². The summed E-state index contributed by atoms with van der Waals surface area (Å²) < 4.78 is 0. The number of anilines is 1. The average Bonchev–Trinajstić information content (AvgIpc) is 2.33. The van der Waals surface area contributed by atoms with E-state index in [2.05, 4.69) is 17.2 Å². The number of rotatable bonds is 3. The van der Waals surface area contributed by atoms with Gasteiger partial charge in [0, 0.05) is 12.7 Å². The van der Waals surface area contributed by atoms with Gasteiger partial charge in [0.1, 0.15) is 5.82 Å². The zero-order valence-corrected chi connectivity index (χ0v) is 9.82. The van der Waals surface area contributed by atoms with Crippen molar-refractivity contribution in [2.75, 3.05) is 11.9 Å². The predicted molar refractivity (Wildman–Crippen MR) is 65.3 cm³/mol. The largest absolute Gasteiger partial charge is 0.388 e. The van der Waals surface area contributed by atoms with Crippen molar-refractivity contribution in [2.45, 2.75) is 38.2 Å². The molecule has 1 aromatic rings. The molecule has 0 atom stereocenters. The van der Waals surface area contributed by atoms with Gasteiger partial charge in [-0.1, -0.05) is 13.0 Å². The van der Waals surface area contributed by atoms with Crippen LogP contribution in [0.2, 0.25) is 0 Å². The van der Waals surface area contributed by atoms with Gasteiger partial charge in [-0.05, 0) is 43.7 Å². The minimum atomic E-state index is -0.538. The highest BCUT2D eigenvalue weighted by molar-refractivity contribution is 5.33. The summed E-state index contributed by atoms with van der Waals surface area (Å²) in [5.41, 5.74) is -0.538. The molecule has 0 radical (unpaired) electrons. The molecule has 1 saturated carbocycles. The van der Waals surface area contributed by atoms with Crippen molar-refractivity contribution >= 4 is 5.82 Å². The molecule has 1 heterocycles. The van der Waals surface area contributed by atoms with E-state index in [-0.39, 0.29) is 0 Å². The predicted octanol–water partition coefficient (Wildman–Crippen LogP) is 2.43. The molecule has 1 aliphatic rings. The second kappa shape index (κ2) is 4.83. The van der Waals surface area contributed by atoms with Crippen LogP contribution < -0.4 is 5.32 Å². The monoisotopic (exact) mass is 220 g/mol. The third-order valence-corrected chi connectivity index (χ3v) is 3.47. The van der Waals surface area contributed by atoms with Crippen molar-refractivity contribution in [2.24, 2.45) is 5.92 Å². The Kier molecular flexibility index (Phi) is 3.44. The van der Waals surface area contributed by atoms with Crippen molar-refractivity contribution in [1.82, 2.24) is 4.98 Å². The van der Waals surface area contributed by atoms with E-state index in [4.69, 9.17) is 0 Å². The third-order valence-electron chi connectivity index (χ3n) is 3.47. The normalized spacial score (nSPS) is 30.0. The molecule has 1 fully saturated rings. The Morgan fingerprint density at radius 3 is 2.81 bits per heavy atom. The quantitative estimate of drug-likeness (QED) is 0.822. The first-order valence-electron chi connectivity index (χ1n) is 6.05. The molecule has 0 unspecified atom stereocenters. The molecule has 88 valence electrons. The van der Waals surface area contributed by atoms with Gasteiger partial charge in [0.15, 0.2) is 0 Å². The number of nitrogens with zero attached hydrogens (tertiary/aromatic N) is 1. The fourth-order valence-electron chi connectivity index (χ4n) is 2.20. The molecular weight excluding hydrogens is 200 g/mol. The number of pyridine rings is 1. The van der Waals surface area contributed by atoms with Crippen LogP contribution in [0.25, 0.3) is 0 Å².